The van der Waals surface area contributed by atoms with Gasteiger partial charge in [-0.25, -0.2) is 0 Å². The molecule has 1 aliphatic rings. The molecule has 1 unspecified atom stereocenters. The summed E-state index contributed by atoms with van der Waals surface area (Å²) in [6.45, 7) is 0. The van der Waals surface area contributed by atoms with Crippen LogP contribution >= 0.6 is 11.3 Å². The van der Waals surface area contributed by atoms with Crippen molar-refractivity contribution in [3.05, 3.63) is 52.2 Å². The Morgan fingerprint density at radius 3 is 2.60 bits per heavy atom. The largest absolute Gasteiger partial charge is 0.458 e. The molecule has 0 saturated carbocycles. The van der Waals surface area contributed by atoms with Gasteiger partial charge in [-0.05, 0) is 29.1 Å². The Bertz CT molecular complexity index is 788. The van der Waals surface area contributed by atoms with Gasteiger partial charge in [0.25, 0.3) is 0 Å². The maximum Gasteiger partial charge on any atom is 0.458 e. The van der Waals surface area contributed by atoms with E-state index in [1.807, 2.05) is 17.5 Å². The number of nitrogens with zero attached hydrogens (tertiary/aromatic N) is 1. The maximum absolute atomic E-state index is 12.7. The van der Waals surface area contributed by atoms with E-state index in [4.69, 9.17) is 0 Å². The molecule has 0 radical (unpaired) electrons. The van der Waals surface area contributed by atoms with E-state index in [0.29, 0.717) is 11.3 Å². The number of carbonyl (C=O) groups is 1. The van der Waals surface area contributed by atoms with Crippen molar-refractivity contribution in [2.75, 3.05) is 5.32 Å². The molecule has 2 N–H and O–H groups in total. The normalized spacial score (nSPS) is 20.1. The zero-order chi connectivity index (χ0) is 18.1. The molecular formula is C16H13F3N2O3S. The highest BCUT2D eigenvalue weighted by atomic mass is 32.1. The van der Waals surface area contributed by atoms with Gasteiger partial charge in [-0.1, -0.05) is 23.4 Å². The van der Waals surface area contributed by atoms with Crippen molar-refractivity contribution in [3.63, 3.8) is 0 Å². The van der Waals surface area contributed by atoms with Crippen molar-refractivity contribution in [3.8, 4) is 0 Å². The van der Waals surface area contributed by atoms with Crippen LogP contribution < -0.4 is 5.32 Å². The fourth-order valence-corrected chi connectivity index (χ4v) is 2.95. The van der Waals surface area contributed by atoms with Gasteiger partial charge in [-0.2, -0.15) is 13.2 Å². The molecular weight excluding hydrogens is 357 g/mol. The van der Waals surface area contributed by atoms with E-state index in [2.05, 4.69) is 15.3 Å². The van der Waals surface area contributed by atoms with E-state index in [1.54, 1.807) is 12.1 Å². The van der Waals surface area contributed by atoms with E-state index in [9.17, 15) is 23.1 Å². The number of nitrogens with one attached hydrogen (secondary N) is 1. The smallest absolute Gasteiger partial charge is 0.350 e. The first-order valence-corrected chi connectivity index (χ1v) is 8.12. The molecule has 0 aliphatic carbocycles. The molecule has 25 heavy (non-hydrogen) atoms. The molecule has 0 spiro atoms. The Morgan fingerprint density at radius 1 is 1.32 bits per heavy atom. The predicted molar refractivity (Wildman–Crippen MR) is 86.3 cm³/mol. The van der Waals surface area contributed by atoms with E-state index in [-0.39, 0.29) is 18.0 Å². The summed E-state index contributed by atoms with van der Waals surface area (Å²) in [4.78, 5) is 17.0. The van der Waals surface area contributed by atoms with Gasteiger partial charge in [0.15, 0.2) is 0 Å². The van der Waals surface area contributed by atoms with Crippen LogP contribution in [0.2, 0.25) is 0 Å². The Balaban J connectivity index is 1.62. The third kappa shape index (κ3) is 3.83. The number of halogens is 3. The minimum absolute atomic E-state index is 0.0173. The molecule has 1 aliphatic heterocycles. The summed E-state index contributed by atoms with van der Waals surface area (Å²) >= 11 is 1.48. The standard InChI is InChI=1S/C16H13F3N2O3S/c17-16(18,19)15(23)9-13(21-24-15)10-3-5-11(6-4-10)20-14(22)8-12-2-1-7-25-12/h1-7,23H,8-9H2,(H,20,22). The molecule has 3 rings (SSSR count). The second kappa shape index (κ2) is 6.49. The molecule has 2 aromatic rings. The number of benzene rings is 1. The Hall–Kier alpha value is -2.39. The minimum Gasteiger partial charge on any atom is -0.350 e. The van der Waals surface area contributed by atoms with Gasteiger partial charge in [0.2, 0.25) is 5.91 Å². The van der Waals surface area contributed by atoms with Crippen LogP contribution in [0.4, 0.5) is 18.9 Å². The van der Waals surface area contributed by atoms with Gasteiger partial charge >= 0.3 is 12.0 Å². The van der Waals surface area contributed by atoms with Crippen LogP contribution in [0.15, 0.2) is 46.9 Å². The number of alkyl halides is 3. The lowest BCUT2D eigenvalue weighted by atomic mass is 10.0. The van der Waals surface area contributed by atoms with Gasteiger partial charge < -0.3 is 15.3 Å². The van der Waals surface area contributed by atoms with E-state index in [1.165, 1.54) is 23.5 Å². The second-order valence-electron chi connectivity index (χ2n) is 5.47. The topological polar surface area (TPSA) is 70.9 Å². The molecule has 5 nitrogen and oxygen atoms in total. The third-order valence-electron chi connectivity index (χ3n) is 3.57. The Morgan fingerprint density at radius 2 is 2.04 bits per heavy atom. The first-order chi connectivity index (χ1) is 11.8. The molecule has 2 heterocycles. The van der Waals surface area contributed by atoms with Crippen molar-refractivity contribution in [1.82, 2.24) is 0 Å². The Labute approximate surface area is 144 Å². The monoisotopic (exact) mass is 370 g/mol. The van der Waals surface area contributed by atoms with Crippen molar-refractivity contribution in [2.45, 2.75) is 24.8 Å². The van der Waals surface area contributed by atoms with Crippen molar-refractivity contribution in [2.24, 2.45) is 5.16 Å². The summed E-state index contributed by atoms with van der Waals surface area (Å²) in [6, 6.07) is 9.82. The number of aliphatic hydroxyl groups is 1. The highest BCUT2D eigenvalue weighted by molar-refractivity contribution is 7.10. The van der Waals surface area contributed by atoms with Gasteiger partial charge in [0.1, 0.15) is 0 Å². The quantitative estimate of drug-likeness (QED) is 0.868. The lowest BCUT2D eigenvalue weighted by molar-refractivity contribution is -0.355. The summed E-state index contributed by atoms with van der Waals surface area (Å²) in [7, 11) is 0. The number of hydrogen-bond donors (Lipinski definition) is 2. The molecule has 1 amide bonds. The van der Waals surface area contributed by atoms with Gasteiger partial charge in [-0.3, -0.25) is 4.79 Å². The molecule has 9 heteroatoms. The highest BCUT2D eigenvalue weighted by Gasteiger charge is 2.60. The number of oxime groups is 1. The average molecular weight is 370 g/mol. The van der Waals surface area contributed by atoms with Crippen molar-refractivity contribution in [1.29, 1.82) is 0 Å². The molecule has 0 bridgehead atoms. The number of rotatable bonds is 4. The molecule has 132 valence electrons. The van der Waals surface area contributed by atoms with Crippen molar-refractivity contribution < 1.29 is 27.9 Å². The minimum atomic E-state index is -4.94. The number of anilines is 1. The summed E-state index contributed by atoms with van der Waals surface area (Å²) in [5.41, 5.74) is 0.864. The van der Waals surface area contributed by atoms with E-state index in [0.717, 1.165) is 4.88 Å². The SMILES string of the molecule is O=C(Cc1cccs1)Nc1ccc(C2=NOC(O)(C(F)(F)F)C2)cc1. The molecule has 0 saturated heterocycles. The fourth-order valence-electron chi connectivity index (χ4n) is 2.25. The summed E-state index contributed by atoms with van der Waals surface area (Å²) < 4.78 is 38.1. The first-order valence-electron chi connectivity index (χ1n) is 7.24. The van der Waals surface area contributed by atoms with Gasteiger partial charge in [0, 0.05) is 10.6 Å². The zero-order valence-corrected chi connectivity index (χ0v) is 13.5. The zero-order valence-electron chi connectivity index (χ0n) is 12.7. The third-order valence-corrected chi connectivity index (χ3v) is 4.45. The lowest BCUT2D eigenvalue weighted by Crippen LogP contribution is -2.45. The number of amides is 1. The summed E-state index contributed by atoms with van der Waals surface area (Å²) in [6.07, 6.45) is -5.48. The first kappa shape index (κ1) is 17.4. The van der Waals surface area contributed by atoms with E-state index < -0.39 is 18.4 Å². The van der Waals surface area contributed by atoms with Crippen LogP contribution in [0, 0.1) is 0 Å². The maximum atomic E-state index is 12.7. The van der Waals surface area contributed by atoms with Gasteiger partial charge in [0.05, 0.1) is 18.6 Å². The van der Waals surface area contributed by atoms with Crippen LogP contribution in [0.1, 0.15) is 16.9 Å². The average Bonchev–Trinajstić information content (AvgIpc) is 3.18. The van der Waals surface area contributed by atoms with Crippen LogP contribution in [0.25, 0.3) is 0 Å². The number of hydrogen-bond acceptors (Lipinski definition) is 5. The summed E-state index contributed by atoms with van der Waals surface area (Å²) in [5.74, 6) is -3.49. The molecule has 1 aromatic carbocycles. The van der Waals surface area contributed by atoms with Gasteiger partial charge in [-0.15, -0.1) is 11.3 Å². The van der Waals surface area contributed by atoms with Crippen LogP contribution in [0.5, 0.6) is 0 Å². The fraction of sp³-hybridized carbons (Fsp3) is 0.250. The lowest BCUT2D eigenvalue weighted by Gasteiger charge is -2.22. The van der Waals surface area contributed by atoms with Crippen LogP contribution in [-0.2, 0) is 16.1 Å². The van der Waals surface area contributed by atoms with Crippen LogP contribution in [0.3, 0.4) is 0 Å². The predicted octanol–water partition coefficient (Wildman–Crippen LogP) is 3.30. The molecule has 0 fully saturated rings. The number of carbonyl (C=O) groups excluding carboxylic acids is 1. The van der Waals surface area contributed by atoms with Crippen molar-refractivity contribution >= 4 is 28.6 Å². The second-order valence-corrected chi connectivity index (χ2v) is 6.50. The summed E-state index contributed by atoms with van der Waals surface area (Å²) in [5, 5.41) is 17.3. The highest BCUT2D eigenvalue weighted by Crippen LogP contribution is 2.38. The molecule has 1 atom stereocenters. The van der Waals surface area contributed by atoms with Crippen LogP contribution in [-0.4, -0.2) is 28.7 Å². The molecule has 1 aromatic heterocycles. The Kier molecular flexibility index (Phi) is 4.53. The van der Waals surface area contributed by atoms with E-state index >= 15 is 0 Å². The number of thiophene rings is 1.